The van der Waals surface area contributed by atoms with Crippen LogP contribution in [0.2, 0.25) is 0 Å². The molecule has 8 heteroatoms. The zero-order valence-electron chi connectivity index (χ0n) is 32.2. The molecule has 282 valence electrons. The van der Waals surface area contributed by atoms with Crippen molar-refractivity contribution in [2.24, 2.45) is 0 Å². The first-order chi connectivity index (χ1) is 28.0. The predicted octanol–water partition coefficient (Wildman–Crippen LogP) is 13.3. The molecule has 3 aromatic heterocycles. The molecule has 0 aliphatic carbocycles. The third kappa shape index (κ3) is 5.83. The molecule has 3 heterocycles. The van der Waals surface area contributed by atoms with Crippen molar-refractivity contribution in [3.05, 3.63) is 174 Å². The molecule has 10 aromatic rings. The number of hydrogen-bond acceptors (Lipinski definition) is 3. The Morgan fingerprint density at radius 3 is 1.59 bits per heavy atom. The number of nitrogens with zero attached hydrogens (tertiary/aromatic N) is 5. The molecule has 0 atom stereocenters. The number of aryl methyl sites for hydroxylation is 4. The maximum Gasteiger partial charge on any atom is 0.416 e. The Hall–Kier alpha value is -7.06. The standard InChI is InChI=1S/C50H36F3N5/c1-29-16-21-45-40(24-29)38-12-5-7-14-43(38)57(45)47-23-19-35(27-42(47)49-55-31(3)54-32(4)56-49)37-20-18-34(33-10-9-11-36(26-33)50(51,52)53)28-48(37)58-44-15-8-6-13-39(44)41-25-30(2)17-22-46(41)58/h5-28H,1-4H3. The fourth-order valence-corrected chi connectivity index (χ4v) is 8.52. The topological polar surface area (TPSA) is 48.5 Å². The maximum absolute atomic E-state index is 14.0. The number of fused-ring (bicyclic) bond motifs is 6. The average molecular weight is 764 g/mol. The second kappa shape index (κ2) is 13.3. The Labute approximate surface area is 332 Å². The van der Waals surface area contributed by atoms with Gasteiger partial charge < -0.3 is 9.13 Å². The van der Waals surface area contributed by atoms with Gasteiger partial charge in [-0.1, -0.05) is 90.0 Å². The highest BCUT2D eigenvalue weighted by molar-refractivity contribution is 6.11. The lowest BCUT2D eigenvalue weighted by Crippen LogP contribution is -2.05. The van der Waals surface area contributed by atoms with Crippen LogP contribution in [0.15, 0.2) is 146 Å². The van der Waals surface area contributed by atoms with Crippen LogP contribution in [0.3, 0.4) is 0 Å². The van der Waals surface area contributed by atoms with Crippen molar-refractivity contribution in [2.45, 2.75) is 33.9 Å². The lowest BCUT2D eigenvalue weighted by atomic mass is 9.95. The number of para-hydroxylation sites is 2. The highest BCUT2D eigenvalue weighted by Gasteiger charge is 2.30. The molecule has 0 fully saturated rings. The number of benzene rings is 7. The van der Waals surface area contributed by atoms with Crippen LogP contribution in [0.25, 0.3) is 88.6 Å². The predicted molar refractivity (Wildman–Crippen MR) is 229 cm³/mol. The van der Waals surface area contributed by atoms with Gasteiger partial charge in [-0.05, 0) is 111 Å². The van der Waals surface area contributed by atoms with Gasteiger partial charge in [-0.3, -0.25) is 0 Å². The molecular weight excluding hydrogens is 728 g/mol. The third-order valence-electron chi connectivity index (χ3n) is 11.1. The number of halogens is 3. The van der Waals surface area contributed by atoms with Crippen LogP contribution in [-0.4, -0.2) is 24.1 Å². The molecule has 0 spiro atoms. The van der Waals surface area contributed by atoms with Gasteiger partial charge in [-0.2, -0.15) is 13.2 Å². The van der Waals surface area contributed by atoms with E-state index in [1.54, 1.807) is 6.07 Å². The maximum atomic E-state index is 14.0. The fraction of sp³-hybridized carbons (Fsp3) is 0.100. The Morgan fingerprint density at radius 2 is 0.966 bits per heavy atom. The molecule has 0 N–H and O–H groups in total. The van der Waals surface area contributed by atoms with E-state index in [0.717, 1.165) is 83.3 Å². The summed E-state index contributed by atoms with van der Waals surface area (Å²) in [6, 6.07) is 47.5. The first kappa shape index (κ1) is 35.4. The van der Waals surface area contributed by atoms with Crippen LogP contribution in [0.5, 0.6) is 0 Å². The lowest BCUT2D eigenvalue weighted by Gasteiger charge is -2.19. The van der Waals surface area contributed by atoms with E-state index in [1.165, 1.54) is 17.7 Å². The van der Waals surface area contributed by atoms with Crippen LogP contribution in [0, 0.1) is 27.7 Å². The normalized spacial score (nSPS) is 12.1. The number of rotatable bonds is 5. The monoisotopic (exact) mass is 763 g/mol. The molecule has 58 heavy (non-hydrogen) atoms. The minimum atomic E-state index is -4.47. The Morgan fingerprint density at radius 1 is 0.414 bits per heavy atom. The van der Waals surface area contributed by atoms with Crippen LogP contribution >= 0.6 is 0 Å². The molecule has 0 bridgehead atoms. The fourth-order valence-electron chi connectivity index (χ4n) is 8.52. The molecule has 0 aliphatic heterocycles. The van der Waals surface area contributed by atoms with Gasteiger partial charge in [-0.15, -0.1) is 0 Å². The number of hydrogen-bond donors (Lipinski definition) is 0. The molecule has 0 radical (unpaired) electrons. The molecular formula is C50H36F3N5. The molecule has 7 aromatic carbocycles. The summed E-state index contributed by atoms with van der Waals surface area (Å²) in [5, 5.41) is 4.49. The average Bonchev–Trinajstić information content (AvgIpc) is 3.71. The Bertz CT molecular complexity index is 3260. The molecule has 0 unspecified atom stereocenters. The Kier molecular flexibility index (Phi) is 8.09. The van der Waals surface area contributed by atoms with Crippen molar-refractivity contribution in [1.29, 1.82) is 0 Å². The van der Waals surface area contributed by atoms with E-state index in [0.29, 0.717) is 28.6 Å². The van der Waals surface area contributed by atoms with Crippen LogP contribution in [0.1, 0.15) is 28.3 Å². The third-order valence-corrected chi connectivity index (χ3v) is 11.1. The summed E-state index contributed by atoms with van der Waals surface area (Å²) in [6.07, 6.45) is -4.47. The summed E-state index contributed by atoms with van der Waals surface area (Å²) in [5.74, 6) is 1.78. The summed E-state index contributed by atoms with van der Waals surface area (Å²) in [5.41, 5.74) is 11.2. The highest BCUT2D eigenvalue weighted by Crippen LogP contribution is 2.42. The summed E-state index contributed by atoms with van der Waals surface area (Å²) < 4.78 is 46.5. The highest BCUT2D eigenvalue weighted by atomic mass is 19.4. The first-order valence-corrected chi connectivity index (χ1v) is 19.2. The van der Waals surface area contributed by atoms with E-state index in [4.69, 9.17) is 9.97 Å². The van der Waals surface area contributed by atoms with Crippen molar-refractivity contribution in [1.82, 2.24) is 24.1 Å². The minimum Gasteiger partial charge on any atom is -0.309 e. The van der Waals surface area contributed by atoms with E-state index in [9.17, 15) is 13.2 Å². The summed E-state index contributed by atoms with van der Waals surface area (Å²) in [7, 11) is 0. The van der Waals surface area contributed by atoms with Gasteiger partial charge in [0.2, 0.25) is 0 Å². The zero-order valence-corrected chi connectivity index (χ0v) is 32.2. The van der Waals surface area contributed by atoms with Crippen molar-refractivity contribution in [2.75, 3.05) is 0 Å². The van der Waals surface area contributed by atoms with Gasteiger partial charge in [0.15, 0.2) is 5.82 Å². The van der Waals surface area contributed by atoms with E-state index >= 15 is 0 Å². The quantitative estimate of drug-likeness (QED) is 0.175. The van der Waals surface area contributed by atoms with E-state index in [1.807, 2.05) is 44.2 Å². The van der Waals surface area contributed by atoms with Crippen molar-refractivity contribution >= 4 is 43.6 Å². The van der Waals surface area contributed by atoms with Crippen LogP contribution in [0.4, 0.5) is 13.2 Å². The molecule has 0 amide bonds. The first-order valence-electron chi connectivity index (χ1n) is 19.2. The molecule has 0 aliphatic rings. The Balaban J connectivity index is 1.28. The van der Waals surface area contributed by atoms with Crippen LogP contribution in [-0.2, 0) is 6.18 Å². The number of alkyl halides is 3. The largest absolute Gasteiger partial charge is 0.416 e. The molecule has 10 rings (SSSR count). The summed E-state index contributed by atoms with van der Waals surface area (Å²) in [4.78, 5) is 14.3. The van der Waals surface area contributed by atoms with E-state index < -0.39 is 11.7 Å². The smallest absolute Gasteiger partial charge is 0.309 e. The van der Waals surface area contributed by atoms with Gasteiger partial charge in [-0.25, -0.2) is 15.0 Å². The molecule has 0 saturated carbocycles. The zero-order chi connectivity index (χ0) is 39.9. The second-order valence-corrected chi connectivity index (χ2v) is 15.0. The van der Waals surface area contributed by atoms with Gasteiger partial charge in [0.05, 0.1) is 39.0 Å². The van der Waals surface area contributed by atoms with Crippen molar-refractivity contribution in [3.63, 3.8) is 0 Å². The second-order valence-electron chi connectivity index (χ2n) is 15.0. The van der Waals surface area contributed by atoms with Gasteiger partial charge in [0.1, 0.15) is 11.6 Å². The van der Waals surface area contributed by atoms with Crippen molar-refractivity contribution in [3.8, 4) is 45.0 Å². The summed E-state index contributed by atoms with van der Waals surface area (Å²) >= 11 is 0. The van der Waals surface area contributed by atoms with Gasteiger partial charge in [0, 0.05) is 32.7 Å². The van der Waals surface area contributed by atoms with Gasteiger partial charge in [0.25, 0.3) is 0 Å². The van der Waals surface area contributed by atoms with E-state index in [2.05, 4.69) is 119 Å². The van der Waals surface area contributed by atoms with Crippen molar-refractivity contribution < 1.29 is 13.2 Å². The van der Waals surface area contributed by atoms with Gasteiger partial charge >= 0.3 is 6.18 Å². The molecule has 0 saturated heterocycles. The molecule has 5 nitrogen and oxygen atoms in total. The SMILES string of the molecule is Cc1ccc2c(c1)c1ccccc1n2-c1cc(-c2cccc(C(F)(F)F)c2)ccc1-c1ccc(-n2c3ccccc3c3cc(C)ccc32)c(-c2nc(C)nc(C)n2)c1. The van der Waals surface area contributed by atoms with E-state index in [-0.39, 0.29) is 0 Å². The number of aromatic nitrogens is 5. The van der Waals surface area contributed by atoms with Crippen LogP contribution < -0.4 is 0 Å². The minimum absolute atomic E-state index is 0.480. The lowest BCUT2D eigenvalue weighted by molar-refractivity contribution is -0.137. The summed E-state index contributed by atoms with van der Waals surface area (Å²) in [6.45, 7) is 7.94.